The van der Waals surface area contributed by atoms with Gasteiger partial charge in [0.15, 0.2) is 5.78 Å². The first-order valence-electron chi connectivity index (χ1n) is 7.65. The molecule has 0 bridgehead atoms. The molecule has 1 N–H and O–H groups in total. The van der Waals surface area contributed by atoms with Crippen LogP contribution in [0, 0.1) is 0 Å². The molecule has 3 nitrogen and oxygen atoms in total. The van der Waals surface area contributed by atoms with E-state index < -0.39 is 0 Å². The van der Waals surface area contributed by atoms with Gasteiger partial charge in [-0.25, -0.2) is 0 Å². The molecule has 2 rings (SSSR count). The third-order valence-electron chi connectivity index (χ3n) is 3.60. The molecular weight excluding hydrogens is 310 g/mol. The number of hydrogen-bond donors (Lipinski definition) is 1. The van der Waals surface area contributed by atoms with Gasteiger partial charge < -0.3 is 5.32 Å². The fourth-order valence-corrected chi connectivity index (χ4v) is 2.46. The third-order valence-corrected chi connectivity index (χ3v) is 3.85. The van der Waals surface area contributed by atoms with Crippen molar-refractivity contribution in [1.29, 1.82) is 0 Å². The molecule has 0 fully saturated rings. The van der Waals surface area contributed by atoms with E-state index in [0.717, 1.165) is 11.3 Å². The van der Waals surface area contributed by atoms with Crippen LogP contribution in [0.1, 0.15) is 48.5 Å². The minimum atomic E-state index is -0.152. The zero-order valence-corrected chi connectivity index (χ0v) is 14.1. The van der Waals surface area contributed by atoms with Crippen LogP contribution in [-0.4, -0.2) is 11.7 Å². The lowest BCUT2D eigenvalue weighted by Gasteiger charge is -2.13. The van der Waals surface area contributed by atoms with Gasteiger partial charge in [0.1, 0.15) is 0 Å². The number of anilines is 1. The van der Waals surface area contributed by atoms with Crippen molar-refractivity contribution in [2.24, 2.45) is 0 Å². The largest absolute Gasteiger partial charge is 0.326 e. The van der Waals surface area contributed by atoms with Gasteiger partial charge in [0, 0.05) is 29.1 Å². The summed E-state index contributed by atoms with van der Waals surface area (Å²) in [6.07, 6.45) is 0.338. The van der Waals surface area contributed by atoms with Gasteiger partial charge in [-0.1, -0.05) is 43.6 Å². The molecule has 0 radical (unpaired) electrons. The Morgan fingerprint density at radius 3 is 2.30 bits per heavy atom. The van der Waals surface area contributed by atoms with Gasteiger partial charge in [0.25, 0.3) is 0 Å². The minimum Gasteiger partial charge on any atom is -0.326 e. The molecular formula is C19H20ClNO2. The summed E-state index contributed by atoms with van der Waals surface area (Å²) in [5, 5.41) is 3.48. The smallest absolute Gasteiger partial charge is 0.224 e. The number of halogens is 1. The molecule has 120 valence electrons. The summed E-state index contributed by atoms with van der Waals surface area (Å²) >= 11 is 5.80. The number of para-hydroxylation sites is 1. The molecule has 0 heterocycles. The standard InChI is InChI=1S/C19H20ClNO2/c1-13(2)16-5-3-4-6-17(16)21-19(23)12-11-18(22)14-7-9-15(20)10-8-14/h3-10,13H,11-12H2,1-2H3,(H,21,23). The van der Waals surface area contributed by atoms with Gasteiger partial charge in [0.05, 0.1) is 0 Å². The first-order valence-corrected chi connectivity index (χ1v) is 8.02. The Labute approximate surface area is 141 Å². The van der Waals surface area contributed by atoms with E-state index in [1.54, 1.807) is 24.3 Å². The minimum absolute atomic E-state index is 0.0611. The maximum absolute atomic E-state index is 12.1. The highest BCUT2D eigenvalue weighted by Gasteiger charge is 2.12. The number of rotatable bonds is 6. The van der Waals surface area contributed by atoms with Crippen molar-refractivity contribution in [3.63, 3.8) is 0 Å². The predicted octanol–water partition coefficient (Wildman–Crippen LogP) is 5.07. The average molecular weight is 330 g/mol. The molecule has 23 heavy (non-hydrogen) atoms. The highest BCUT2D eigenvalue weighted by molar-refractivity contribution is 6.30. The topological polar surface area (TPSA) is 46.2 Å². The van der Waals surface area contributed by atoms with Gasteiger partial charge in [-0.3, -0.25) is 9.59 Å². The summed E-state index contributed by atoms with van der Waals surface area (Å²) in [5.41, 5.74) is 2.47. The molecule has 0 aliphatic carbocycles. The van der Waals surface area contributed by atoms with Crippen LogP contribution in [0.2, 0.25) is 5.02 Å². The summed E-state index contributed by atoms with van der Waals surface area (Å²) in [7, 11) is 0. The zero-order chi connectivity index (χ0) is 16.8. The molecule has 0 aliphatic heterocycles. The quantitative estimate of drug-likeness (QED) is 0.752. The van der Waals surface area contributed by atoms with E-state index in [9.17, 15) is 9.59 Å². The number of hydrogen-bond acceptors (Lipinski definition) is 2. The number of Topliss-reactive ketones (excluding diaryl/α,β-unsaturated/α-hetero) is 1. The second-order valence-electron chi connectivity index (χ2n) is 5.72. The summed E-state index contributed by atoms with van der Waals surface area (Å²) in [5.74, 6) is 0.108. The number of nitrogens with one attached hydrogen (secondary N) is 1. The van der Waals surface area contributed by atoms with E-state index in [4.69, 9.17) is 11.6 Å². The summed E-state index contributed by atoms with van der Waals surface area (Å²) < 4.78 is 0. The van der Waals surface area contributed by atoms with Crippen molar-refractivity contribution >= 4 is 29.0 Å². The van der Waals surface area contributed by atoms with Crippen LogP contribution in [0.3, 0.4) is 0 Å². The van der Waals surface area contributed by atoms with E-state index in [-0.39, 0.29) is 24.5 Å². The molecule has 2 aromatic carbocycles. The Kier molecular flexibility index (Phi) is 5.94. The normalized spacial score (nSPS) is 10.6. The predicted molar refractivity (Wildman–Crippen MR) is 94.2 cm³/mol. The summed E-state index contributed by atoms with van der Waals surface area (Å²) in [4.78, 5) is 24.2. The Bertz CT molecular complexity index is 693. The lowest BCUT2D eigenvalue weighted by Crippen LogP contribution is -2.15. The monoisotopic (exact) mass is 329 g/mol. The van der Waals surface area contributed by atoms with Gasteiger partial charge in [-0.15, -0.1) is 0 Å². The molecule has 0 saturated heterocycles. The van der Waals surface area contributed by atoms with Crippen molar-refractivity contribution in [2.45, 2.75) is 32.6 Å². The van der Waals surface area contributed by atoms with Crippen LogP contribution in [0.5, 0.6) is 0 Å². The fourth-order valence-electron chi connectivity index (χ4n) is 2.33. The molecule has 0 atom stereocenters. The van der Waals surface area contributed by atoms with Gasteiger partial charge in [0.2, 0.25) is 5.91 Å². The molecule has 1 amide bonds. The van der Waals surface area contributed by atoms with Crippen molar-refractivity contribution in [1.82, 2.24) is 0 Å². The molecule has 0 aromatic heterocycles. The number of carbonyl (C=O) groups is 2. The van der Waals surface area contributed by atoms with Crippen LogP contribution in [0.4, 0.5) is 5.69 Å². The molecule has 0 unspecified atom stereocenters. The average Bonchev–Trinajstić information content (AvgIpc) is 2.53. The Morgan fingerprint density at radius 2 is 1.65 bits per heavy atom. The number of carbonyl (C=O) groups excluding carboxylic acids is 2. The van der Waals surface area contributed by atoms with Crippen LogP contribution in [0.25, 0.3) is 0 Å². The third kappa shape index (κ3) is 4.93. The molecule has 0 spiro atoms. The first kappa shape index (κ1) is 17.2. The highest BCUT2D eigenvalue weighted by Crippen LogP contribution is 2.23. The van der Waals surface area contributed by atoms with Gasteiger partial charge in [-0.05, 0) is 41.8 Å². The van der Waals surface area contributed by atoms with Crippen LogP contribution < -0.4 is 5.32 Å². The molecule has 0 aliphatic rings. The Balaban J connectivity index is 1.93. The maximum atomic E-state index is 12.1. The van der Waals surface area contributed by atoms with Crippen molar-refractivity contribution < 1.29 is 9.59 Å². The number of benzene rings is 2. The molecule has 4 heteroatoms. The van der Waals surface area contributed by atoms with Crippen LogP contribution >= 0.6 is 11.6 Å². The second kappa shape index (κ2) is 7.93. The van der Waals surface area contributed by atoms with Crippen molar-refractivity contribution in [2.75, 3.05) is 5.32 Å². The molecule has 0 saturated carbocycles. The summed E-state index contributed by atoms with van der Waals surface area (Å²) in [6.45, 7) is 4.16. The Morgan fingerprint density at radius 1 is 1.00 bits per heavy atom. The fraction of sp³-hybridized carbons (Fsp3) is 0.263. The lowest BCUT2D eigenvalue weighted by molar-refractivity contribution is -0.116. The lowest BCUT2D eigenvalue weighted by atomic mass is 10.0. The van der Waals surface area contributed by atoms with E-state index in [1.807, 2.05) is 24.3 Å². The first-order chi connectivity index (χ1) is 11.0. The summed E-state index contributed by atoms with van der Waals surface area (Å²) in [6, 6.07) is 14.4. The SMILES string of the molecule is CC(C)c1ccccc1NC(=O)CCC(=O)c1ccc(Cl)cc1. The van der Waals surface area contributed by atoms with Crippen LogP contribution in [0.15, 0.2) is 48.5 Å². The number of ketones is 1. The Hall–Kier alpha value is -2.13. The van der Waals surface area contributed by atoms with E-state index >= 15 is 0 Å². The second-order valence-corrected chi connectivity index (χ2v) is 6.16. The maximum Gasteiger partial charge on any atom is 0.224 e. The molecule has 2 aromatic rings. The highest BCUT2D eigenvalue weighted by atomic mass is 35.5. The van der Waals surface area contributed by atoms with E-state index in [1.165, 1.54) is 0 Å². The van der Waals surface area contributed by atoms with Crippen LogP contribution in [-0.2, 0) is 4.79 Å². The van der Waals surface area contributed by atoms with E-state index in [2.05, 4.69) is 19.2 Å². The zero-order valence-electron chi connectivity index (χ0n) is 13.3. The van der Waals surface area contributed by atoms with Crippen molar-refractivity contribution in [3.8, 4) is 0 Å². The van der Waals surface area contributed by atoms with Gasteiger partial charge in [-0.2, -0.15) is 0 Å². The van der Waals surface area contributed by atoms with E-state index in [0.29, 0.717) is 16.5 Å². The number of amides is 1. The van der Waals surface area contributed by atoms with Crippen molar-refractivity contribution in [3.05, 3.63) is 64.7 Å². The van der Waals surface area contributed by atoms with Gasteiger partial charge >= 0.3 is 0 Å².